The summed E-state index contributed by atoms with van der Waals surface area (Å²) in [4.78, 5) is 24.2. The molecule has 1 amide bonds. The van der Waals surface area contributed by atoms with Crippen molar-refractivity contribution in [1.29, 1.82) is 0 Å². The molecule has 1 N–H and O–H groups in total. The number of carbonyl (C=O) groups is 2. The summed E-state index contributed by atoms with van der Waals surface area (Å²) < 4.78 is 10.9. The van der Waals surface area contributed by atoms with Crippen molar-refractivity contribution >= 4 is 23.3 Å². The van der Waals surface area contributed by atoms with Gasteiger partial charge in [-0.05, 0) is 61.4 Å². The first-order valence-corrected chi connectivity index (χ1v) is 8.91. The van der Waals surface area contributed by atoms with Crippen molar-refractivity contribution in [2.45, 2.75) is 18.9 Å². The van der Waals surface area contributed by atoms with E-state index in [4.69, 9.17) is 21.1 Å². The second kappa shape index (κ2) is 8.83. The molecular formula is C20H20ClNO4. The van der Waals surface area contributed by atoms with E-state index in [0.29, 0.717) is 28.4 Å². The lowest BCUT2D eigenvalue weighted by atomic mass is 10.0. The summed E-state index contributed by atoms with van der Waals surface area (Å²) in [5.41, 5.74) is 1.11. The Morgan fingerprint density at radius 1 is 1.08 bits per heavy atom. The molecule has 1 atom stereocenters. The number of rotatable bonds is 7. The number of hydrogen-bond donors (Lipinski definition) is 1. The molecule has 6 heteroatoms. The van der Waals surface area contributed by atoms with E-state index in [1.165, 1.54) is 0 Å². The van der Waals surface area contributed by atoms with E-state index >= 15 is 0 Å². The molecule has 0 aliphatic carbocycles. The highest BCUT2D eigenvalue weighted by Gasteiger charge is 2.16. The van der Waals surface area contributed by atoms with Crippen LogP contribution in [0.15, 0.2) is 48.5 Å². The predicted molar refractivity (Wildman–Crippen MR) is 98.8 cm³/mol. The van der Waals surface area contributed by atoms with Crippen LogP contribution in [0.2, 0.25) is 5.02 Å². The Kier molecular flexibility index (Phi) is 6.26. The minimum absolute atomic E-state index is 0.0722. The van der Waals surface area contributed by atoms with Crippen LogP contribution in [-0.4, -0.2) is 37.6 Å². The van der Waals surface area contributed by atoms with Crippen LogP contribution in [0.25, 0.3) is 0 Å². The average Bonchev–Trinajstić information content (AvgIpc) is 3.19. The maximum atomic E-state index is 12.4. The van der Waals surface area contributed by atoms with Crippen molar-refractivity contribution in [3.05, 3.63) is 64.7 Å². The van der Waals surface area contributed by atoms with Gasteiger partial charge >= 0.3 is 0 Å². The van der Waals surface area contributed by atoms with Gasteiger partial charge in [0.15, 0.2) is 12.4 Å². The lowest BCUT2D eigenvalue weighted by molar-refractivity contribution is -0.123. The summed E-state index contributed by atoms with van der Waals surface area (Å²) in [5.74, 6) is 0.245. The first-order chi connectivity index (χ1) is 12.6. The maximum Gasteiger partial charge on any atom is 0.258 e. The molecule has 1 saturated heterocycles. The summed E-state index contributed by atoms with van der Waals surface area (Å²) in [6, 6.07) is 13.4. The lowest BCUT2D eigenvalue weighted by Crippen LogP contribution is -2.35. The molecule has 0 aromatic heterocycles. The van der Waals surface area contributed by atoms with E-state index in [9.17, 15) is 9.59 Å². The van der Waals surface area contributed by atoms with E-state index in [0.717, 1.165) is 19.4 Å². The highest BCUT2D eigenvalue weighted by molar-refractivity contribution is 6.30. The minimum Gasteiger partial charge on any atom is -0.484 e. The molecule has 136 valence electrons. The standard InChI is InChI=1S/C20H20ClNO4/c21-16-7-3-14(4-8-16)20(24)15-5-9-17(10-6-15)26-13-19(23)22-12-18-2-1-11-25-18/h3-10,18H,1-2,11-13H2,(H,22,23). The van der Waals surface area contributed by atoms with Gasteiger partial charge in [0.2, 0.25) is 0 Å². The molecule has 0 saturated carbocycles. The van der Waals surface area contributed by atoms with Crippen molar-refractivity contribution in [2.75, 3.05) is 19.8 Å². The number of hydrogen-bond acceptors (Lipinski definition) is 4. The second-order valence-corrected chi connectivity index (χ2v) is 6.52. The van der Waals surface area contributed by atoms with Gasteiger partial charge in [0.1, 0.15) is 5.75 Å². The van der Waals surface area contributed by atoms with E-state index in [2.05, 4.69) is 5.32 Å². The number of ether oxygens (including phenoxy) is 2. The monoisotopic (exact) mass is 373 g/mol. The normalized spacial score (nSPS) is 16.3. The van der Waals surface area contributed by atoms with Gasteiger partial charge in [-0.3, -0.25) is 9.59 Å². The van der Waals surface area contributed by atoms with Gasteiger partial charge in [-0.25, -0.2) is 0 Å². The van der Waals surface area contributed by atoms with Gasteiger partial charge < -0.3 is 14.8 Å². The van der Waals surface area contributed by atoms with Gasteiger partial charge in [0.05, 0.1) is 6.10 Å². The first-order valence-electron chi connectivity index (χ1n) is 8.53. The molecule has 2 aromatic rings. The molecule has 1 heterocycles. The minimum atomic E-state index is -0.193. The molecular weight excluding hydrogens is 354 g/mol. The Hall–Kier alpha value is -2.37. The third-order valence-corrected chi connectivity index (χ3v) is 4.40. The van der Waals surface area contributed by atoms with Crippen molar-refractivity contribution < 1.29 is 19.1 Å². The SMILES string of the molecule is O=C(COc1ccc(C(=O)c2ccc(Cl)cc2)cc1)NCC1CCCO1. The van der Waals surface area contributed by atoms with Crippen LogP contribution >= 0.6 is 11.6 Å². The summed E-state index contributed by atoms with van der Waals surface area (Å²) in [7, 11) is 0. The van der Waals surface area contributed by atoms with Crippen LogP contribution in [0.5, 0.6) is 5.75 Å². The van der Waals surface area contributed by atoms with Gasteiger partial charge in [-0.15, -0.1) is 0 Å². The number of benzene rings is 2. The lowest BCUT2D eigenvalue weighted by Gasteiger charge is -2.11. The number of halogens is 1. The summed E-state index contributed by atoms with van der Waals surface area (Å²) in [6.45, 7) is 1.20. The molecule has 3 rings (SSSR count). The summed E-state index contributed by atoms with van der Waals surface area (Å²) in [6.07, 6.45) is 2.12. The van der Waals surface area contributed by atoms with Crippen molar-refractivity contribution in [1.82, 2.24) is 5.32 Å². The average molecular weight is 374 g/mol. The highest BCUT2D eigenvalue weighted by atomic mass is 35.5. The Labute approximate surface area is 157 Å². The first kappa shape index (κ1) is 18.4. The molecule has 1 fully saturated rings. The van der Waals surface area contributed by atoms with E-state index in [1.807, 2.05) is 0 Å². The Morgan fingerprint density at radius 3 is 2.35 bits per heavy atom. The zero-order valence-electron chi connectivity index (χ0n) is 14.2. The molecule has 1 aliphatic heterocycles. The third-order valence-electron chi connectivity index (χ3n) is 4.14. The second-order valence-electron chi connectivity index (χ2n) is 6.09. The van der Waals surface area contributed by atoms with Crippen LogP contribution in [0.3, 0.4) is 0 Å². The van der Waals surface area contributed by atoms with Crippen molar-refractivity contribution in [2.24, 2.45) is 0 Å². The molecule has 1 unspecified atom stereocenters. The molecule has 2 aromatic carbocycles. The molecule has 1 aliphatic rings. The quantitative estimate of drug-likeness (QED) is 0.757. The van der Waals surface area contributed by atoms with E-state index < -0.39 is 0 Å². The molecule has 0 spiro atoms. The van der Waals surface area contributed by atoms with Gasteiger partial charge in [-0.2, -0.15) is 0 Å². The van der Waals surface area contributed by atoms with Crippen LogP contribution in [0.4, 0.5) is 0 Å². The highest BCUT2D eigenvalue weighted by Crippen LogP contribution is 2.17. The predicted octanol–water partition coefficient (Wildman–Crippen LogP) is 3.25. The summed E-state index contributed by atoms with van der Waals surface area (Å²) >= 11 is 5.84. The summed E-state index contributed by atoms with van der Waals surface area (Å²) in [5, 5.41) is 3.38. The Balaban J connectivity index is 1.48. The zero-order valence-corrected chi connectivity index (χ0v) is 15.0. The number of ketones is 1. The van der Waals surface area contributed by atoms with Gasteiger partial charge in [0, 0.05) is 29.3 Å². The van der Waals surface area contributed by atoms with E-state index in [-0.39, 0.29) is 24.4 Å². The van der Waals surface area contributed by atoms with Crippen LogP contribution < -0.4 is 10.1 Å². The fraction of sp³-hybridized carbons (Fsp3) is 0.300. The fourth-order valence-corrected chi connectivity index (χ4v) is 2.83. The van der Waals surface area contributed by atoms with Crippen LogP contribution in [0, 0.1) is 0 Å². The molecule has 0 radical (unpaired) electrons. The molecule has 0 bridgehead atoms. The van der Waals surface area contributed by atoms with Gasteiger partial charge in [0.25, 0.3) is 5.91 Å². The van der Waals surface area contributed by atoms with Crippen LogP contribution in [-0.2, 0) is 9.53 Å². The molecule has 5 nitrogen and oxygen atoms in total. The third kappa shape index (κ3) is 5.07. The Morgan fingerprint density at radius 2 is 1.73 bits per heavy atom. The number of amides is 1. The van der Waals surface area contributed by atoms with E-state index in [1.54, 1.807) is 48.5 Å². The number of carbonyl (C=O) groups excluding carboxylic acids is 2. The fourth-order valence-electron chi connectivity index (χ4n) is 2.70. The van der Waals surface area contributed by atoms with Crippen LogP contribution in [0.1, 0.15) is 28.8 Å². The van der Waals surface area contributed by atoms with Gasteiger partial charge in [-0.1, -0.05) is 11.6 Å². The van der Waals surface area contributed by atoms with Crippen molar-refractivity contribution in [3.8, 4) is 5.75 Å². The Bertz CT molecular complexity index is 752. The van der Waals surface area contributed by atoms with Crippen molar-refractivity contribution in [3.63, 3.8) is 0 Å². The largest absolute Gasteiger partial charge is 0.484 e. The molecule has 26 heavy (non-hydrogen) atoms. The smallest absolute Gasteiger partial charge is 0.258 e. The number of nitrogens with one attached hydrogen (secondary N) is 1. The zero-order chi connectivity index (χ0) is 18.4. The topological polar surface area (TPSA) is 64.6 Å². The maximum absolute atomic E-state index is 12.4.